The summed E-state index contributed by atoms with van der Waals surface area (Å²) in [5.41, 5.74) is 3.31. The molecule has 0 amide bonds. The van der Waals surface area contributed by atoms with Crippen molar-refractivity contribution in [2.24, 2.45) is 0 Å². The molecule has 0 saturated heterocycles. The molecule has 0 bridgehead atoms. The molecule has 0 N–H and O–H groups in total. The van der Waals surface area contributed by atoms with Crippen molar-refractivity contribution in [1.82, 2.24) is 0 Å². The molecule has 0 atom stereocenters. The Kier molecular flexibility index (Phi) is 12.9. The van der Waals surface area contributed by atoms with Gasteiger partial charge in [-0.25, -0.2) is 0 Å². The molecule has 0 spiro atoms. The Labute approximate surface area is 269 Å². The fraction of sp³-hybridized carbons (Fsp3) is 0.250. The first-order valence-corrected chi connectivity index (χ1v) is 18.2. The van der Waals surface area contributed by atoms with Gasteiger partial charge in [0.1, 0.15) is 0 Å². The second kappa shape index (κ2) is 16.1. The van der Waals surface area contributed by atoms with Gasteiger partial charge >= 0.3 is 21.2 Å². The lowest BCUT2D eigenvalue weighted by Crippen LogP contribution is -3.61. The largest absolute Gasteiger partial charge is 0.357 e. The monoisotopic (exact) mass is 686 g/mol. The minimum absolute atomic E-state index is 0.0146. The highest BCUT2D eigenvalue weighted by atomic mass is 127. The van der Waals surface area contributed by atoms with Crippen LogP contribution in [0.3, 0.4) is 0 Å². The second-order valence-electron chi connectivity index (χ2n) is 11.9. The van der Waals surface area contributed by atoms with Gasteiger partial charge in [0.25, 0.3) is 0 Å². The summed E-state index contributed by atoms with van der Waals surface area (Å²) >= 11 is -0.0703. The molecule has 42 heavy (non-hydrogen) atoms. The molecule has 0 aliphatic rings. The Morgan fingerprint density at radius 2 is 0.643 bits per heavy atom. The maximum atomic E-state index is 2.31. The summed E-state index contributed by atoms with van der Waals surface area (Å²) in [7, 11) is -0.0146. The van der Waals surface area contributed by atoms with Crippen LogP contribution in [-0.4, -0.2) is 0 Å². The summed E-state index contributed by atoms with van der Waals surface area (Å²) in [5, 5.41) is 0. The van der Waals surface area contributed by atoms with Crippen LogP contribution in [0.5, 0.6) is 0 Å². The quantitative estimate of drug-likeness (QED) is 0.129. The van der Waals surface area contributed by atoms with Crippen LogP contribution in [0, 0.1) is 7.14 Å². The average molecular weight is 687 g/mol. The fourth-order valence-corrected chi connectivity index (χ4v) is 8.49. The van der Waals surface area contributed by atoms with Gasteiger partial charge in [-0.3, -0.25) is 0 Å². The zero-order valence-corrected chi connectivity index (χ0v) is 29.5. The standard InChI is InChI=1S/C20H26I.C18H15S.C2H6/c1-19(2,3)15-7-11-17(12-8-15)21-18-13-9-16(10-14-18)20(4,5)6;1-4-10-16(11-5-1)19(17-12-6-2-7-13-17)18-14-8-3-9-15-18;1-2/h7-14H,1-6H3;1-15H;1-2H3/q2*+1;. The van der Waals surface area contributed by atoms with Crippen LogP contribution in [0.25, 0.3) is 0 Å². The topological polar surface area (TPSA) is 0 Å². The van der Waals surface area contributed by atoms with E-state index < -0.39 is 0 Å². The molecule has 0 radical (unpaired) electrons. The summed E-state index contributed by atoms with van der Waals surface area (Å²) < 4.78 is 2.98. The molecule has 5 aromatic carbocycles. The third-order valence-electron chi connectivity index (χ3n) is 6.58. The first-order valence-electron chi connectivity index (χ1n) is 14.9. The molecule has 0 nitrogen and oxygen atoms in total. The molecule has 5 aromatic rings. The Morgan fingerprint density at radius 1 is 0.381 bits per heavy atom. The van der Waals surface area contributed by atoms with Gasteiger partial charge in [-0.15, -0.1) is 0 Å². The van der Waals surface area contributed by atoms with E-state index in [0.29, 0.717) is 0 Å². The molecule has 0 aromatic heterocycles. The lowest BCUT2D eigenvalue weighted by molar-refractivity contribution is -0.597. The third-order valence-corrected chi connectivity index (χ3v) is 11.5. The van der Waals surface area contributed by atoms with Gasteiger partial charge in [-0.1, -0.05) is 134 Å². The van der Waals surface area contributed by atoms with E-state index in [2.05, 4.69) is 181 Å². The van der Waals surface area contributed by atoms with Gasteiger partial charge in [0, 0.05) is 0 Å². The zero-order valence-electron chi connectivity index (χ0n) is 26.6. The molecule has 0 fully saturated rings. The van der Waals surface area contributed by atoms with Gasteiger partial charge in [0.15, 0.2) is 21.8 Å². The van der Waals surface area contributed by atoms with Crippen LogP contribution >= 0.6 is 0 Å². The third kappa shape index (κ3) is 10.2. The minimum Gasteiger partial charge on any atom is -0.0683 e. The van der Waals surface area contributed by atoms with E-state index in [1.165, 1.54) is 33.0 Å². The number of benzene rings is 5. The lowest BCUT2D eigenvalue weighted by Gasteiger charge is -2.18. The zero-order chi connectivity index (χ0) is 30.6. The highest BCUT2D eigenvalue weighted by molar-refractivity contribution is 7.97. The molecule has 0 aliphatic heterocycles. The molecule has 0 aliphatic carbocycles. The average Bonchev–Trinajstić information content (AvgIpc) is 3.00. The van der Waals surface area contributed by atoms with Crippen LogP contribution < -0.4 is 21.2 Å². The van der Waals surface area contributed by atoms with Crippen molar-refractivity contribution in [1.29, 1.82) is 0 Å². The van der Waals surface area contributed by atoms with Gasteiger partial charge in [-0.2, -0.15) is 0 Å². The Morgan fingerprint density at radius 3 is 0.881 bits per heavy atom. The first-order chi connectivity index (χ1) is 20.1. The molecule has 0 saturated carbocycles. The number of hydrogen-bond acceptors (Lipinski definition) is 0. The van der Waals surface area contributed by atoms with Crippen LogP contribution in [0.15, 0.2) is 154 Å². The highest BCUT2D eigenvalue weighted by Gasteiger charge is 2.27. The summed E-state index contributed by atoms with van der Waals surface area (Å²) in [5.74, 6) is 0. The SMILES string of the molecule is CC.CC(C)(C)c1ccc([I+]c2ccc(C(C)(C)C)cc2)cc1.c1ccc([S+](c2ccccc2)c2ccccc2)cc1. The van der Waals surface area contributed by atoms with Gasteiger partial charge in [0.2, 0.25) is 0 Å². The van der Waals surface area contributed by atoms with E-state index in [4.69, 9.17) is 0 Å². The minimum atomic E-state index is -0.0703. The van der Waals surface area contributed by atoms with Crippen molar-refractivity contribution < 1.29 is 21.2 Å². The first kappa shape index (κ1) is 33.7. The lowest BCUT2D eigenvalue weighted by atomic mass is 9.87. The summed E-state index contributed by atoms with van der Waals surface area (Å²) in [6.45, 7) is 17.6. The maximum absolute atomic E-state index is 2.31. The van der Waals surface area contributed by atoms with Crippen LogP contribution in [0.4, 0.5) is 0 Å². The Bertz CT molecular complexity index is 1280. The summed E-state index contributed by atoms with van der Waals surface area (Å²) in [4.78, 5) is 4.08. The highest BCUT2D eigenvalue weighted by Crippen LogP contribution is 2.30. The predicted octanol–water partition coefficient (Wildman–Crippen LogP) is 8.22. The molecule has 2 heteroatoms. The van der Waals surface area contributed by atoms with Crippen molar-refractivity contribution in [3.05, 3.63) is 158 Å². The van der Waals surface area contributed by atoms with E-state index >= 15 is 0 Å². The smallest absolute Gasteiger partial charge is 0.0683 e. The van der Waals surface area contributed by atoms with Gasteiger partial charge in [-0.05, 0) is 82.6 Å². The van der Waals surface area contributed by atoms with Crippen molar-refractivity contribution in [3.8, 4) is 0 Å². The molecule has 218 valence electrons. The fourth-order valence-electron chi connectivity index (χ4n) is 4.23. The number of halogens is 1. The van der Waals surface area contributed by atoms with E-state index in [1.807, 2.05) is 13.8 Å². The van der Waals surface area contributed by atoms with Gasteiger partial charge in [0.05, 0.1) is 10.9 Å². The van der Waals surface area contributed by atoms with Crippen molar-refractivity contribution in [2.75, 3.05) is 0 Å². The molecular formula is C40H47IS+2. The Hall–Kier alpha value is -2.82. The van der Waals surface area contributed by atoms with E-state index in [1.54, 1.807) is 0 Å². The summed E-state index contributed by atoms with van der Waals surface area (Å²) in [6.07, 6.45) is 0. The predicted molar refractivity (Wildman–Crippen MR) is 181 cm³/mol. The molecule has 0 unspecified atom stereocenters. The van der Waals surface area contributed by atoms with E-state index in [9.17, 15) is 0 Å². The van der Waals surface area contributed by atoms with E-state index in [0.717, 1.165) is 0 Å². The maximum Gasteiger partial charge on any atom is 0.357 e. The number of hydrogen-bond donors (Lipinski definition) is 0. The van der Waals surface area contributed by atoms with Crippen molar-refractivity contribution in [3.63, 3.8) is 0 Å². The molecule has 0 heterocycles. The summed E-state index contributed by atoms with van der Waals surface area (Å²) in [6, 6.07) is 50.6. The van der Waals surface area contributed by atoms with Crippen LogP contribution in [0.1, 0.15) is 66.5 Å². The molecule has 5 rings (SSSR count). The van der Waals surface area contributed by atoms with E-state index in [-0.39, 0.29) is 42.9 Å². The normalized spacial score (nSPS) is 11.2. The van der Waals surface area contributed by atoms with Gasteiger partial charge < -0.3 is 0 Å². The molecular weight excluding hydrogens is 639 g/mol. The van der Waals surface area contributed by atoms with Crippen molar-refractivity contribution >= 4 is 10.9 Å². The van der Waals surface area contributed by atoms with Crippen molar-refractivity contribution in [2.45, 2.75) is 80.9 Å². The van der Waals surface area contributed by atoms with Crippen LogP contribution in [-0.2, 0) is 21.7 Å². The second-order valence-corrected chi connectivity index (χ2v) is 16.9. The number of rotatable bonds is 5. The Balaban J connectivity index is 0.000000218. The van der Waals surface area contributed by atoms with Crippen LogP contribution in [0.2, 0.25) is 0 Å².